The van der Waals surface area contributed by atoms with E-state index in [4.69, 9.17) is 0 Å². The highest BCUT2D eigenvalue weighted by atomic mass is 15.2. The Bertz CT molecular complexity index is 2720. The van der Waals surface area contributed by atoms with Gasteiger partial charge in [0.1, 0.15) is 0 Å². The smallest absolute Gasteiger partial charge is 0.0543 e. The molecule has 0 amide bonds. The van der Waals surface area contributed by atoms with Crippen molar-refractivity contribution in [2.24, 2.45) is 0 Å². The van der Waals surface area contributed by atoms with Crippen LogP contribution in [0, 0.1) is 0 Å². The number of anilines is 1. The second-order valence-electron chi connectivity index (χ2n) is 17.2. The number of nitrogens with zero attached hydrogens (tertiary/aromatic N) is 1. The molecule has 0 saturated heterocycles. The molecular weight excluding hydrogens is 663 g/mol. The van der Waals surface area contributed by atoms with Gasteiger partial charge in [-0.3, -0.25) is 0 Å². The molecule has 0 fully saturated rings. The van der Waals surface area contributed by atoms with E-state index in [1.165, 1.54) is 93.9 Å². The van der Waals surface area contributed by atoms with Crippen molar-refractivity contribution in [3.8, 4) is 11.1 Å². The summed E-state index contributed by atoms with van der Waals surface area (Å²) in [4.78, 5) is 2.68. The monoisotopic (exact) mass is 707 g/mol. The summed E-state index contributed by atoms with van der Waals surface area (Å²) >= 11 is 0. The average molecular weight is 708 g/mol. The van der Waals surface area contributed by atoms with Gasteiger partial charge in [0.25, 0.3) is 0 Å². The Labute approximate surface area is 324 Å². The lowest BCUT2D eigenvalue weighted by atomic mass is 9.61. The molecule has 2 unspecified atom stereocenters. The van der Waals surface area contributed by atoms with Crippen LogP contribution in [-0.4, -0.2) is 0 Å². The molecule has 0 N–H and O–H groups in total. The van der Waals surface area contributed by atoms with Crippen LogP contribution < -0.4 is 4.90 Å². The Balaban J connectivity index is 1.13. The molecule has 7 aromatic carbocycles. The van der Waals surface area contributed by atoms with Crippen LogP contribution in [-0.2, 0) is 10.8 Å². The Morgan fingerprint density at radius 1 is 0.473 bits per heavy atom. The first-order chi connectivity index (χ1) is 26.8. The van der Waals surface area contributed by atoms with Gasteiger partial charge < -0.3 is 4.90 Å². The average Bonchev–Trinajstić information content (AvgIpc) is 3.22. The zero-order valence-electron chi connectivity index (χ0n) is 32.1. The normalized spacial score (nSPS) is 20.5. The summed E-state index contributed by atoms with van der Waals surface area (Å²) in [5, 5.41) is 7.94. The predicted molar refractivity (Wildman–Crippen MR) is 233 cm³/mol. The van der Waals surface area contributed by atoms with Gasteiger partial charge in [-0.2, -0.15) is 0 Å². The van der Waals surface area contributed by atoms with Crippen LogP contribution in [0.15, 0.2) is 186 Å². The lowest BCUT2D eigenvalue weighted by Crippen LogP contribution is -2.44. The quantitative estimate of drug-likeness (QED) is 0.177. The highest BCUT2D eigenvalue weighted by molar-refractivity contribution is 5.98. The fourth-order valence-electron chi connectivity index (χ4n) is 10.7. The molecule has 2 heterocycles. The molecule has 0 spiro atoms. The molecule has 1 heteroatoms. The molecule has 55 heavy (non-hydrogen) atoms. The summed E-state index contributed by atoms with van der Waals surface area (Å²) in [6, 6.07) is 52.2. The van der Waals surface area contributed by atoms with Gasteiger partial charge >= 0.3 is 0 Å². The fourth-order valence-corrected chi connectivity index (χ4v) is 10.7. The molecule has 2 aliphatic carbocycles. The summed E-state index contributed by atoms with van der Waals surface area (Å²) < 4.78 is 0. The first-order valence-corrected chi connectivity index (χ1v) is 20.1. The van der Waals surface area contributed by atoms with Crippen molar-refractivity contribution in [3.63, 3.8) is 0 Å². The van der Waals surface area contributed by atoms with E-state index < -0.39 is 0 Å². The predicted octanol–water partition coefficient (Wildman–Crippen LogP) is 14.2. The number of allylic oxidation sites excluding steroid dienone is 6. The third-order valence-electron chi connectivity index (χ3n) is 13.7. The standard InChI is InChI=1S/C54H45N/c1-53(2)46-30-37(43-23-11-17-34-14-5-8-20-40(34)43)26-28-50(46)55-51-29-27-38(44-24-12-18-35-15-6-9-21-41(35)44)31-47(51)54(3,4)49-33-39(32-48(53)52(49)55)45-25-13-19-36-16-7-10-22-42(36)45/h5-29,32-33,37-38H,30-31H2,1-4H3. The maximum absolute atomic E-state index is 2.68. The minimum atomic E-state index is -0.178. The summed E-state index contributed by atoms with van der Waals surface area (Å²) in [6.45, 7) is 9.97. The molecule has 266 valence electrons. The van der Waals surface area contributed by atoms with E-state index in [9.17, 15) is 0 Å². The number of hydrogen-bond acceptors (Lipinski definition) is 1. The lowest BCUT2D eigenvalue weighted by molar-refractivity contribution is 0.521. The van der Waals surface area contributed by atoms with Gasteiger partial charge in [-0.05, 0) is 114 Å². The molecule has 0 aromatic heterocycles. The van der Waals surface area contributed by atoms with E-state index in [0.29, 0.717) is 11.8 Å². The molecular formula is C54H45N. The number of benzene rings is 7. The van der Waals surface area contributed by atoms with Crippen molar-refractivity contribution in [2.45, 2.75) is 63.2 Å². The van der Waals surface area contributed by atoms with Crippen LogP contribution in [0.5, 0.6) is 0 Å². The van der Waals surface area contributed by atoms with Gasteiger partial charge in [-0.25, -0.2) is 0 Å². The molecule has 0 bridgehead atoms. The number of rotatable bonds is 3. The molecule has 0 saturated carbocycles. The second kappa shape index (κ2) is 11.8. The summed E-state index contributed by atoms with van der Waals surface area (Å²) in [5.41, 5.74) is 15.1. The summed E-state index contributed by atoms with van der Waals surface area (Å²) in [6.07, 6.45) is 11.9. The van der Waals surface area contributed by atoms with E-state index >= 15 is 0 Å². The van der Waals surface area contributed by atoms with Crippen molar-refractivity contribution in [1.82, 2.24) is 0 Å². The van der Waals surface area contributed by atoms with E-state index in [2.05, 4.69) is 196 Å². The topological polar surface area (TPSA) is 3.24 Å². The van der Waals surface area contributed by atoms with Gasteiger partial charge in [0.05, 0.1) is 5.69 Å². The highest BCUT2D eigenvalue weighted by Gasteiger charge is 2.48. The molecule has 4 aliphatic rings. The molecule has 1 nitrogen and oxygen atoms in total. The number of fused-ring (bicyclic) bond motifs is 5. The van der Waals surface area contributed by atoms with E-state index in [1.807, 2.05) is 0 Å². The van der Waals surface area contributed by atoms with Crippen LogP contribution in [0.4, 0.5) is 5.69 Å². The Morgan fingerprint density at radius 2 is 0.891 bits per heavy atom. The van der Waals surface area contributed by atoms with E-state index in [1.54, 1.807) is 0 Å². The first kappa shape index (κ1) is 32.5. The Hall–Kier alpha value is -5.92. The molecule has 7 aromatic rings. The van der Waals surface area contributed by atoms with Crippen LogP contribution in [0.2, 0.25) is 0 Å². The molecule has 2 atom stereocenters. The van der Waals surface area contributed by atoms with Gasteiger partial charge in [0, 0.05) is 34.1 Å². The number of hydrogen-bond donors (Lipinski definition) is 0. The molecule has 11 rings (SSSR count). The summed E-state index contributed by atoms with van der Waals surface area (Å²) in [7, 11) is 0. The van der Waals surface area contributed by atoms with Crippen molar-refractivity contribution in [3.05, 3.63) is 209 Å². The van der Waals surface area contributed by atoms with Crippen molar-refractivity contribution in [1.29, 1.82) is 0 Å². The van der Waals surface area contributed by atoms with Crippen LogP contribution >= 0.6 is 0 Å². The van der Waals surface area contributed by atoms with Crippen molar-refractivity contribution >= 4 is 38.0 Å². The minimum Gasteiger partial charge on any atom is -0.310 e. The van der Waals surface area contributed by atoms with Crippen molar-refractivity contribution < 1.29 is 0 Å². The first-order valence-electron chi connectivity index (χ1n) is 20.1. The lowest BCUT2D eigenvalue weighted by Gasteiger charge is -2.53. The Morgan fingerprint density at radius 3 is 1.40 bits per heavy atom. The van der Waals surface area contributed by atoms with Crippen molar-refractivity contribution in [2.75, 3.05) is 4.90 Å². The minimum absolute atomic E-state index is 0.178. The van der Waals surface area contributed by atoms with Gasteiger partial charge in [0.15, 0.2) is 0 Å². The fraction of sp³-hybridized carbons (Fsp3) is 0.185. The zero-order chi connectivity index (χ0) is 37.1. The highest BCUT2D eigenvalue weighted by Crippen LogP contribution is 2.61. The largest absolute Gasteiger partial charge is 0.310 e. The summed E-state index contributed by atoms with van der Waals surface area (Å²) in [5.74, 6) is 0.609. The van der Waals surface area contributed by atoms with E-state index in [0.717, 1.165) is 12.8 Å². The zero-order valence-corrected chi connectivity index (χ0v) is 32.1. The molecule has 2 aliphatic heterocycles. The van der Waals surface area contributed by atoms with Crippen LogP contribution in [0.25, 0.3) is 43.4 Å². The SMILES string of the molecule is CC1(C)C2=C(C=CC(c3cccc4ccccc34)C2)N2C3=C(CC(c4cccc5ccccc45)C=C3)C(C)(C)c3cc(-c4cccc5ccccc45)cc1c32. The Kier molecular flexibility index (Phi) is 6.97. The molecule has 0 radical (unpaired) electrons. The van der Waals surface area contributed by atoms with Crippen LogP contribution in [0.3, 0.4) is 0 Å². The maximum atomic E-state index is 2.68. The maximum Gasteiger partial charge on any atom is 0.0543 e. The third kappa shape index (κ3) is 4.72. The van der Waals surface area contributed by atoms with E-state index in [-0.39, 0.29) is 10.8 Å². The van der Waals surface area contributed by atoms with Crippen LogP contribution in [0.1, 0.15) is 74.6 Å². The van der Waals surface area contributed by atoms with Gasteiger partial charge in [-0.15, -0.1) is 0 Å². The van der Waals surface area contributed by atoms with Gasteiger partial charge in [0.2, 0.25) is 0 Å². The van der Waals surface area contributed by atoms with Gasteiger partial charge in [-0.1, -0.05) is 167 Å². The second-order valence-corrected chi connectivity index (χ2v) is 17.2. The third-order valence-corrected chi connectivity index (χ3v) is 13.7.